The maximum Gasteiger partial charge on any atom is 0.416 e. The lowest BCUT2D eigenvalue weighted by Crippen LogP contribution is -2.49. The number of anilines is 1. The largest absolute Gasteiger partial charge is 0.507 e. The molecule has 2 heterocycles. The van der Waals surface area contributed by atoms with Crippen LogP contribution in [0.5, 0.6) is 5.75 Å². The number of phenols is 1. The second-order valence-electron chi connectivity index (χ2n) is 7.45. The summed E-state index contributed by atoms with van der Waals surface area (Å²) in [6.45, 7) is 1.99. The first-order chi connectivity index (χ1) is 14.5. The van der Waals surface area contributed by atoms with E-state index >= 15 is 0 Å². The van der Waals surface area contributed by atoms with Crippen LogP contribution in [0.15, 0.2) is 18.2 Å². The van der Waals surface area contributed by atoms with Crippen molar-refractivity contribution in [2.24, 2.45) is 0 Å². The van der Waals surface area contributed by atoms with Crippen LogP contribution in [-0.4, -0.2) is 57.0 Å². The van der Waals surface area contributed by atoms with Gasteiger partial charge in [-0.2, -0.15) is 18.4 Å². The van der Waals surface area contributed by atoms with Crippen LogP contribution >= 0.6 is 0 Å². The Kier molecular flexibility index (Phi) is 6.03. The van der Waals surface area contributed by atoms with Gasteiger partial charge in [0.15, 0.2) is 5.82 Å². The van der Waals surface area contributed by atoms with Gasteiger partial charge in [-0.15, -0.1) is 10.2 Å². The number of aromatic hydroxyl groups is 1. The molecule has 0 aliphatic carbocycles. The highest BCUT2D eigenvalue weighted by molar-refractivity contribution is 5.74. The zero-order chi connectivity index (χ0) is 22.9. The summed E-state index contributed by atoms with van der Waals surface area (Å²) in [5, 5.41) is 40.1. The van der Waals surface area contributed by atoms with E-state index in [2.05, 4.69) is 15.5 Å². The number of aliphatic carboxylic acids is 1. The van der Waals surface area contributed by atoms with E-state index in [0.29, 0.717) is 31.0 Å². The molecule has 8 nitrogen and oxygen atoms in total. The van der Waals surface area contributed by atoms with Crippen molar-refractivity contribution in [2.45, 2.75) is 38.0 Å². The van der Waals surface area contributed by atoms with Gasteiger partial charge in [-0.1, -0.05) is 0 Å². The number of piperidine rings is 1. The first-order valence-electron chi connectivity index (χ1n) is 9.40. The maximum absolute atomic E-state index is 12.8. The number of carboxylic acids is 1. The quantitative estimate of drug-likeness (QED) is 0.670. The molecular formula is C20H20F3N5O3. The van der Waals surface area contributed by atoms with E-state index in [1.807, 2.05) is 6.07 Å². The second kappa shape index (κ2) is 8.39. The highest BCUT2D eigenvalue weighted by Gasteiger charge is 2.32. The summed E-state index contributed by atoms with van der Waals surface area (Å²) in [6.07, 6.45) is -3.63. The smallest absolute Gasteiger partial charge is 0.416 e. The zero-order valence-electron chi connectivity index (χ0n) is 16.7. The van der Waals surface area contributed by atoms with Gasteiger partial charge in [0, 0.05) is 18.2 Å². The molecule has 3 rings (SSSR count). The molecule has 0 spiro atoms. The van der Waals surface area contributed by atoms with E-state index in [4.69, 9.17) is 0 Å². The van der Waals surface area contributed by atoms with Gasteiger partial charge in [0.05, 0.1) is 5.56 Å². The summed E-state index contributed by atoms with van der Waals surface area (Å²) in [4.78, 5) is 12.9. The fraction of sp³-hybridized carbons (Fsp3) is 0.400. The molecule has 2 atom stereocenters. The Bertz CT molecular complexity index is 1050. The van der Waals surface area contributed by atoms with Crippen molar-refractivity contribution in [3.63, 3.8) is 0 Å². The number of carbonyl (C=O) groups is 1. The number of nitrogens with one attached hydrogen (secondary N) is 1. The predicted molar refractivity (Wildman–Crippen MR) is 104 cm³/mol. The number of aromatic nitrogens is 2. The fourth-order valence-corrected chi connectivity index (χ4v) is 3.69. The predicted octanol–water partition coefficient (Wildman–Crippen LogP) is 3.01. The highest BCUT2D eigenvalue weighted by Crippen LogP contribution is 2.37. The molecule has 0 amide bonds. The number of phenolic OH excluding ortho intramolecular Hbond substituents is 1. The van der Waals surface area contributed by atoms with Crippen molar-refractivity contribution in [1.82, 2.24) is 15.1 Å². The van der Waals surface area contributed by atoms with Crippen LogP contribution in [0.1, 0.15) is 29.5 Å². The van der Waals surface area contributed by atoms with E-state index in [1.54, 1.807) is 18.9 Å². The summed E-state index contributed by atoms with van der Waals surface area (Å²) < 4.78 is 38.5. The van der Waals surface area contributed by atoms with E-state index in [9.17, 15) is 33.4 Å². The Labute approximate surface area is 175 Å². The standard InChI is InChI=1S/C20H20F3N5O3/c1-10-14(8-24)18(25-12-4-6-15(19(30)31)28(2)9-12)27-26-17(10)13-5-3-11(7-16(13)29)20(21,22)23/h3,5,7,12,15,29H,4,6,9H2,1-2H3,(H,25,27)(H,30,31)/t12-,15-/m1/s1. The van der Waals surface area contributed by atoms with Gasteiger partial charge >= 0.3 is 12.1 Å². The number of rotatable bonds is 4. The van der Waals surface area contributed by atoms with E-state index in [-0.39, 0.29) is 28.7 Å². The summed E-state index contributed by atoms with van der Waals surface area (Å²) in [7, 11) is 1.70. The number of likely N-dealkylation sites (N-methyl/N-ethyl adjacent to an activating group) is 1. The van der Waals surface area contributed by atoms with Gasteiger partial charge in [0.25, 0.3) is 0 Å². The molecule has 11 heteroatoms. The average molecular weight is 435 g/mol. The summed E-state index contributed by atoms with van der Waals surface area (Å²) in [6, 6.07) is 3.80. The van der Waals surface area contributed by atoms with E-state index in [1.165, 1.54) is 0 Å². The number of carboxylic acid groups (broad SMARTS) is 1. The molecule has 0 bridgehead atoms. The molecule has 0 saturated carbocycles. The van der Waals surface area contributed by atoms with Crippen LogP contribution < -0.4 is 5.32 Å². The lowest BCUT2D eigenvalue weighted by molar-refractivity contribution is -0.144. The monoisotopic (exact) mass is 435 g/mol. The van der Waals surface area contributed by atoms with Crippen molar-refractivity contribution < 1.29 is 28.2 Å². The van der Waals surface area contributed by atoms with Gasteiger partial charge < -0.3 is 15.5 Å². The molecule has 164 valence electrons. The molecule has 1 aromatic heterocycles. The van der Waals surface area contributed by atoms with E-state index < -0.39 is 29.5 Å². The number of hydrogen-bond acceptors (Lipinski definition) is 7. The van der Waals surface area contributed by atoms with E-state index in [0.717, 1.165) is 12.1 Å². The third kappa shape index (κ3) is 4.54. The Morgan fingerprint density at radius 3 is 2.58 bits per heavy atom. The lowest BCUT2D eigenvalue weighted by Gasteiger charge is -2.35. The van der Waals surface area contributed by atoms with Crippen LogP contribution in [0.4, 0.5) is 19.0 Å². The minimum atomic E-state index is -4.60. The molecule has 1 aliphatic rings. The molecular weight excluding hydrogens is 415 g/mol. The molecule has 1 aliphatic heterocycles. The number of benzene rings is 1. The van der Waals surface area contributed by atoms with Crippen molar-refractivity contribution in [1.29, 1.82) is 5.26 Å². The molecule has 1 saturated heterocycles. The zero-order valence-corrected chi connectivity index (χ0v) is 16.7. The molecule has 2 aromatic rings. The van der Waals surface area contributed by atoms with Gasteiger partial charge in [-0.05, 0) is 50.6 Å². The SMILES string of the molecule is Cc1c(-c2ccc(C(F)(F)F)cc2O)nnc(N[C@@H]2CC[C@H](C(=O)O)N(C)C2)c1C#N. The van der Waals surface area contributed by atoms with Crippen molar-refractivity contribution in [3.8, 4) is 23.1 Å². The molecule has 0 unspecified atom stereocenters. The van der Waals surface area contributed by atoms with Crippen LogP contribution in [0, 0.1) is 18.3 Å². The molecule has 1 fully saturated rings. The van der Waals surface area contributed by atoms with Crippen molar-refractivity contribution in [2.75, 3.05) is 18.9 Å². The Hall–Kier alpha value is -3.39. The summed E-state index contributed by atoms with van der Waals surface area (Å²) >= 11 is 0. The topological polar surface area (TPSA) is 122 Å². The molecule has 1 aromatic carbocycles. The molecule has 31 heavy (non-hydrogen) atoms. The molecule has 3 N–H and O–H groups in total. The minimum Gasteiger partial charge on any atom is -0.507 e. The fourth-order valence-electron chi connectivity index (χ4n) is 3.69. The minimum absolute atomic E-state index is 0.0303. The number of halogens is 3. The van der Waals surface area contributed by atoms with Gasteiger partial charge in [0.1, 0.15) is 29.1 Å². The Morgan fingerprint density at radius 1 is 1.32 bits per heavy atom. The number of nitrogens with zero attached hydrogens (tertiary/aromatic N) is 4. The third-order valence-electron chi connectivity index (χ3n) is 5.36. The Balaban J connectivity index is 1.88. The van der Waals surface area contributed by atoms with Gasteiger partial charge in [-0.25, -0.2) is 0 Å². The summed E-state index contributed by atoms with van der Waals surface area (Å²) in [5.74, 6) is -1.32. The van der Waals surface area contributed by atoms with Crippen LogP contribution in [0.2, 0.25) is 0 Å². The van der Waals surface area contributed by atoms with Crippen molar-refractivity contribution >= 4 is 11.8 Å². The number of hydrogen-bond donors (Lipinski definition) is 3. The Morgan fingerprint density at radius 2 is 2.03 bits per heavy atom. The first kappa shape index (κ1) is 22.3. The third-order valence-corrected chi connectivity index (χ3v) is 5.36. The molecule has 0 radical (unpaired) electrons. The number of nitriles is 1. The van der Waals surface area contributed by atoms with Gasteiger partial charge in [0.2, 0.25) is 0 Å². The van der Waals surface area contributed by atoms with Crippen LogP contribution in [-0.2, 0) is 11.0 Å². The second-order valence-corrected chi connectivity index (χ2v) is 7.45. The lowest BCUT2D eigenvalue weighted by atomic mass is 9.98. The van der Waals surface area contributed by atoms with Crippen LogP contribution in [0.3, 0.4) is 0 Å². The maximum atomic E-state index is 12.8. The number of alkyl halides is 3. The van der Waals surface area contributed by atoms with Crippen LogP contribution in [0.25, 0.3) is 11.3 Å². The van der Waals surface area contributed by atoms with Crippen molar-refractivity contribution in [3.05, 3.63) is 34.9 Å². The normalized spacial score (nSPS) is 19.6. The van der Waals surface area contributed by atoms with Gasteiger partial charge in [-0.3, -0.25) is 9.69 Å². The summed E-state index contributed by atoms with van der Waals surface area (Å²) in [5.41, 5.74) is -0.378. The first-order valence-corrected chi connectivity index (χ1v) is 9.40. The average Bonchev–Trinajstić information content (AvgIpc) is 2.68. The number of likely N-dealkylation sites (tertiary alicyclic amines) is 1. The highest BCUT2D eigenvalue weighted by atomic mass is 19.4.